The van der Waals surface area contributed by atoms with Gasteiger partial charge in [0.1, 0.15) is 17.2 Å². The molecule has 0 unspecified atom stereocenters. The first-order valence-corrected chi connectivity index (χ1v) is 8.36. The monoisotopic (exact) mass is 337 g/mol. The predicted molar refractivity (Wildman–Crippen MR) is 98.4 cm³/mol. The second kappa shape index (κ2) is 10.6. The molecule has 0 radical (unpaired) electrons. The summed E-state index contributed by atoms with van der Waals surface area (Å²) in [6.45, 7) is 8.62. The maximum atomic E-state index is 5.47. The van der Waals surface area contributed by atoms with Gasteiger partial charge in [0.2, 0.25) is 0 Å². The third-order valence-electron chi connectivity index (χ3n) is 3.57. The van der Waals surface area contributed by atoms with Crippen molar-refractivity contribution in [1.29, 1.82) is 0 Å². The lowest BCUT2D eigenvalue weighted by molar-refractivity contribution is 0.369. The highest BCUT2D eigenvalue weighted by atomic mass is 16.5. The lowest BCUT2D eigenvalue weighted by atomic mass is 10.1. The summed E-state index contributed by atoms with van der Waals surface area (Å²) in [5.41, 5.74) is 0.891. The SMILES string of the molecule is CCNC(=NCc1c(OC)cc(OC)cc1OC)NCCC(C)C. The summed E-state index contributed by atoms with van der Waals surface area (Å²) in [6.07, 6.45) is 1.10. The fourth-order valence-electron chi connectivity index (χ4n) is 2.21. The number of methoxy groups -OCH3 is 3. The fraction of sp³-hybridized carbons (Fsp3) is 0.611. The van der Waals surface area contributed by atoms with Crippen LogP contribution in [0.1, 0.15) is 32.8 Å². The first-order chi connectivity index (χ1) is 11.5. The largest absolute Gasteiger partial charge is 0.496 e. The van der Waals surface area contributed by atoms with Crippen LogP contribution in [-0.2, 0) is 6.54 Å². The van der Waals surface area contributed by atoms with Crippen molar-refractivity contribution in [3.63, 3.8) is 0 Å². The van der Waals surface area contributed by atoms with E-state index in [1.165, 1.54) is 0 Å². The molecule has 0 bridgehead atoms. The van der Waals surface area contributed by atoms with E-state index in [0.717, 1.165) is 31.0 Å². The van der Waals surface area contributed by atoms with Crippen LogP contribution in [0.5, 0.6) is 17.2 Å². The lowest BCUT2D eigenvalue weighted by Crippen LogP contribution is -2.38. The normalized spacial score (nSPS) is 11.4. The Morgan fingerprint density at radius 3 is 2.12 bits per heavy atom. The zero-order valence-electron chi connectivity index (χ0n) is 15.7. The summed E-state index contributed by atoms with van der Waals surface area (Å²) in [5.74, 6) is 3.54. The zero-order chi connectivity index (χ0) is 17.9. The molecule has 0 atom stereocenters. The van der Waals surface area contributed by atoms with Crippen LogP contribution in [0.25, 0.3) is 0 Å². The Morgan fingerprint density at radius 2 is 1.67 bits per heavy atom. The van der Waals surface area contributed by atoms with E-state index in [1.54, 1.807) is 21.3 Å². The van der Waals surface area contributed by atoms with E-state index in [0.29, 0.717) is 29.7 Å². The van der Waals surface area contributed by atoms with Gasteiger partial charge >= 0.3 is 0 Å². The third kappa shape index (κ3) is 6.18. The number of hydrogen-bond acceptors (Lipinski definition) is 4. The van der Waals surface area contributed by atoms with Gasteiger partial charge in [0.05, 0.1) is 33.4 Å². The quantitative estimate of drug-likeness (QED) is 0.536. The number of guanidine groups is 1. The number of nitrogens with zero attached hydrogens (tertiary/aromatic N) is 1. The maximum absolute atomic E-state index is 5.47. The van der Waals surface area contributed by atoms with Crippen LogP contribution in [0.4, 0.5) is 0 Å². The van der Waals surface area contributed by atoms with E-state index >= 15 is 0 Å². The van der Waals surface area contributed by atoms with Crippen molar-refractivity contribution in [3.8, 4) is 17.2 Å². The Kier molecular flexibility index (Phi) is 8.83. The molecule has 0 fully saturated rings. The molecule has 1 aromatic rings. The average Bonchev–Trinajstić information content (AvgIpc) is 2.58. The Morgan fingerprint density at radius 1 is 1.04 bits per heavy atom. The van der Waals surface area contributed by atoms with Crippen LogP contribution in [0.3, 0.4) is 0 Å². The molecule has 1 aromatic carbocycles. The van der Waals surface area contributed by atoms with Gasteiger partial charge in [-0.1, -0.05) is 13.8 Å². The highest BCUT2D eigenvalue weighted by molar-refractivity contribution is 5.79. The summed E-state index contributed by atoms with van der Waals surface area (Å²) < 4.78 is 16.2. The van der Waals surface area contributed by atoms with Crippen LogP contribution < -0.4 is 24.8 Å². The van der Waals surface area contributed by atoms with Crippen molar-refractivity contribution in [2.24, 2.45) is 10.9 Å². The van der Waals surface area contributed by atoms with Crippen molar-refractivity contribution in [2.45, 2.75) is 33.7 Å². The first kappa shape index (κ1) is 19.9. The molecule has 0 aliphatic rings. The van der Waals surface area contributed by atoms with Crippen molar-refractivity contribution < 1.29 is 14.2 Å². The summed E-state index contributed by atoms with van der Waals surface area (Å²) in [6, 6.07) is 3.68. The van der Waals surface area contributed by atoms with Crippen LogP contribution in [-0.4, -0.2) is 40.4 Å². The second-order valence-electron chi connectivity index (χ2n) is 5.81. The number of benzene rings is 1. The molecule has 136 valence electrons. The maximum Gasteiger partial charge on any atom is 0.191 e. The smallest absolute Gasteiger partial charge is 0.191 e. The zero-order valence-corrected chi connectivity index (χ0v) is 15.7. The topological polar surface area (TPSA) is 64.1 Å². The van der Waals surface area contributed by atoms with Gasteiger partial charge in [0, 0.05) is 25.2 Å². The molecule has 0 amide bonds. The Bertz CT molecular complexity index is 505. The Balaban J connectivity index is 2.94. The van der Waals surface area contributed by atoms with Crippen molar-refractivity contribution in [2.75, 3.05) is 34.4 Å². The van der Waals surface area contributed by atoms with Gasteiger partial charge < -0.3 is 24.8 Å². The third-order valence-corrected chi connectivity index (χ3v) is 3.57. The van der Waals surface area contributed by atoms with Crippen LogP contribution in [0, 0.1) is 5.92 Å². The molecule has 24 heavy (non-hydrogen) atoms. The molecular weight excluding hydrogens is 306 g/mol. The van der Waals surface area contributed by atoms with Crippen LogP contribution in [0.2, 0.25) is 0 Å². The summed E-state index contributed by atoms with van der Waals surface area (Å²) in [5, 5.41) is 6.61. The fourth-order valence-corrected chi connectivity index (χ4v) is 2.21. The van der Waals surface area contributed by atoms with Crippen molar-refractivity contribution >= 4 is 5.96 Å². The number of nitrogens with one attached hydrogen (secondary N) is 2. The highest BCUT2D eigenvalue weighted by Crippen LogP contribution is 2.34. The molecule has 6 heteroatoms. The van der Waals surface area contributed by atoms with Crippen LogP contribution >= 0.6 is 0 Å². The highest BCUT2D eigenvalue weighted by Gasteiger charge is 2.13. The Labute approximate surface area is 145 Å². The molecule has 0 aromatic heterocycles. The summed E-state index contributed by atoms with van der Waals surface area (Å²) >= 11 is 0. The molecule has 0 heterocycles. The lowest BCUT2D eigenvalue weighted by Gasteiger charge is -2.15. The molecule has 0 aliphatic heterocycles. The van der Waals surface area contributed by atoms with Gasteiger partial charge in [-0.05, 0) is 19.3 Å². The van der Waals surface area contributed by atoms with E-state index in [9.17, 15) is 0 Å². The average molecular weight is 337 g/mol. The van der Waals surface area contributed by atoms with Gasteiger partial charge in [-0.2, -0.15) is 0 Å². The predicted octanol–water partition coefficient (Wildman–Crippen LogP) is 2.81. The first-order valence-electron chi connectivity index (χ1n) is 8.36. The molecular formula is C18H31N3O3. The molecule has 0 aliphatic carbocycles. The van der Waals surface area contributed by atoms with Gasteiger partial charge in [0.15, 0.2) is 5.96 Å². The number of ether oxygens (including phenoxy) is 3. The van der Waals surface area contributed by atoms with Gasteiger partial charge in [-0.25, -0.2) is 4.99 Å². The molecule has 0 saturated carbocycles. The molecule has 6 nitrogen and oxygen atoms in total. The van der Waals surface area contributed by atoms with Crippen LogP contribution in [0.15, 0.2) is 17.1 Å². The standard InChI is InChI=1S/C18H31N3O3/c1-7-19-18(20-9-8-13(2)3)21-12-15-16(23-5)10-14(22-4)11-17(15)24-6/h10-11,13H,7-9,12H2,1-6H3,(H2,19,20,21). The minimum atomic E-state index is 0.452. The van der Waals surface area contributed by atoms with E-state index in [4.69, 9.17) is 14.2 Å². The second-order valence-corrected chi connectivity index (χ2v) is 5.81. The molecule has 2 N–H and O–H groups in total. The number of aliphatic imine (C=N–C) groups is 1. The minimum absolute atomic E-state index is 0.452. The minimum Gasteiger partial charge on any atom is -0.496 e. The van der Waals surface area contributed by atoms with Crippen molar-refractivity contribution in [1.82, 2.24) is 10.6 Å². The van der Waals surface area contributed by atoms with Gasteiger partial charge in [-0.15, -0.1) is 0 Å². The number of rotatable bonds is 9. The van der Waals surface area contributed by atoms with E-state index < -0.39 is 0 Å². The van der Waals surface area contributed by atoms with Gasteiger partial charge in [-0.3, -0.25) is 0 Å². The Hall–Kier alpha value is -2.11. The molecule has 0 saturated heterocycles. The molecule has 1 rings (SSSR count). The van der Waals surface area contributed by atoms with Gasteiger partial charge in [0.25, 0.3) is 0 Å². The van der Waals surface area contributed by atoms with E-state index in [2.05, 4.69) is 29.5 Å². The van der Waals surface area contributed by atoms with E-state index in [-0.39, 0.29) is 0 Å². The summed E-state index contributed by atoms with van der Waals surface area (Å²) in [4.78, 5) is 4.65. The van der Waals surface area contributed by atoms with Crippen molar-refractivity contribution in [3.05, 3.63) is 17.7 Å². The number of hydrogen-bond donors (Lipinski definition) is 2. The molecule has 0 spiro atoms. The summed E-state index contributed by atoms with van der Waals surface area (Å²) in [7, 11) is 4.88. The van der Waals surface area contributed by atoms with E-state index in [1.807, 2.05) is 19.1 Å².